The summed E-state index contributed by atoms with van der Waals surface area (Å²) in [6.45, 7) is 2.86. The van der Waals surface area contributed by atoms with E-state index in [4.69, 9.17) is 4.74 Å². The molecule has 1 unspecified atom stereocenters. The molecule has 2 aromatic rings. The molecule has 10 heteroatoms. The van der Waals surface area contributed by atoms with E-state index in [2.05, 4.69) is 10.4 Å². The van der Waals surface area contributed by atoms with Gasteiger partial charge in [0, 0.05) is 18.5 Å². The molecular weight excluding hydrogens is 391 g/mol. The van der Waals surface area contributed by atoms with Gasteiger partial charge in [0.15, 0.2) is 0 Å². The van der Waals surface area contributed by atoms with E-state index in [0.717, 1.165) is 22.9 Å². The van der Waals surface area contributed by atoms with Crippen molar-refractivity contribution in [3.8, 4) is 0 Å². The smallest absolute Gasteiger partial charge is 0.390 e. The molecule has 0 spiro atoms. The van der Waals surface area contributed by atoms with Crippen LogP contribution >= 0.6 is 0 Å². The zero-order chi connectivity index (χ0) is 21.6. The average molecular weight is 413 g/mol. The number of alkyl halides is 3. The van der Waals surface area contributed by atoms with Crippen molar-refractivity contribution < 1.29 is 27.8 Å². The molecule has 3 rings (SSSR count). The number of rotatable bonds is 5. The fraction of sp³-hybridized carbons (Fsp3) is 0.526. The molecule has 29 heavy (non-hydrogen) atoms. The van der Waals surface area contributed by atoms with Gasteiger partial charge in [-0.05, 0) is 44.9 Å². The van der Waals surface area contributed by atoms with Crippen molar-refractivity contribution in [3.05, 3.63) is 39.8 Å². The minimum Gasteiger partial charge on any atom is -0.390 e. The molecule has 1 aromatic carbocycles. The van der Waals surface area contributed by atoms with Crippen molar-refractivity contribution in [2.75, 3.05) is 7.11 Å². The van der Waals surface area contributed by atoms with Crippen molar-refractivity contribution in [3.63, 3.8) is 0 Å². The van der Waals surface area contributed by atoms with Gasteiger partial charge in [0.25, 0.3) is 5.56 Å². The molecule has 1 fully saturated rings. The molecule has 1 aromatic heterocycles. The largest absolute Gasteiger partial charge is 0.416 e. The standard InChI is InChI=1S/C19H22F3N3O4/c1-10(29-3)16-14-6-11(19(20,21)22)4-5-13(14)17(27)25(24-16)9-15(26)23-12-7-18(2,28)8-12/h4-6,10,12,28H,7-9H2,1-3H3,(H,23,26)/t10?,12-,18+. The first-order valence-corrected chi connectivity index (χ1v) is 9.08. The number of methoxy groups -OCH3 is 1. The van der Waals surface area contributed by atoms with Gasteiger partial charge >= 0.3 is 6.18 Å². The third-order valence-corrected chi connectivity index (χ3v) is 5.09. The van der Waals surface area contributed by atoms with Gasteiger partial charge in [-0.25, -0.2) is 4.68 Å². The van der Waals surface area contributed by atoms with Crippen molar-refractivity contribution in [1.82, 2.24) is 15.1 Å². The van der Waals surface area contributed by atoms with E-state index < -0.39 is 41.5 Å². The van der Waals surface area contributed by atoms with E-state index in [-0.39, 0.29) is 22.5 Å². The maximum Gasteiger partial charge on any atom is 0.416 e. The van der Waals surface area contributed by atoms with Crippen LogP contribution in [-0.4, -0.2) is 39.5 Å². The Kier molecular flexibility index (Phi) is 5.44. The number of ether oxygens (including phenoxy) is 1. The topological polar surface area (TPSA) is 93.5 Å². The summed E-state index contributed by atoms with van der Waals surface area (Å²) in [6.07, 6.45) is -4.45. The number of carbonyl (C=O) groups is 1. The number of benzene rings is 1. The third-order valence-electron chi connectivity index (χ3n) is 5.09. The summed E-state index contributed by atoms with van der Waals surface area (Å²) in [4.78, 5) is 25.0. The molecule has 2 N–H and O–H groups in total. The maximum atomic E-state index is 13.1. The Balaban J connectivity index is 1.97. The summed E-state index contributed by atoms with van der Waals surface area (Å²) in [5.41, 5.74) is -2.25. The second kappa shape index (κ2) is 7.42. The Labute approximate surface area is 164 Å². The Morgan fingerprint density at radius 2 is 2.07 bits per heavy atom. The zero-order valence-corrected chi connectivity index (χ0v) is 16.2. The van der Waals surface area contributed by atoms with Crippen LogP contribution in [0.4, 0.5) is 13.2 Å². The van der Waals surface area contributed by atoms with Gasteiger partial charge in [0.1, 0.15) is 6.54 Å². The summed E-state index contributed by atoms with van der Waals surface area (Å²) in [6, 6.07) is 2.59. The second-order valence-corrected chi connectivity index (χ2v) is 7.65. The average Bonchev–Trinajstić information content (AvgIpc) is 2.60. The van der Waals surface area contributed by atoms with Crippen LogP contribution in [0, 0.1) is 0 Å². The lowest BCUT2D eigenvalue weighted by Gasteiger charge is -2.41. The number of fused-ring (bicyclic) bond motifs is 1. The highest BCUT2D eigenvalue weighted by molar-refractivity contribution is 5.85. The summed E-state index contributed by atoms with van der Waals surface area (Å²) < 4.78 is 45.4. The molecule has 0 aliphatic heterocycles. The quantitative estimate of drug-likeness (QED) is 0.784. The van der Waals surface area contributed by atoms with Gasteiger partial charge in [-0.1, -0.05) is 0 Å². The first-order chi connectivity index (χ1) is 13.4. The summed E-state index contributed by atoms with van der Waals surface area (Å²) >= 11 is 0. The van der Waals surface area contributed by atoms with Crippen LogP contribution < -0.4 is 10.9 Å². The molecule has 0 saturated heterocycles. The number of amides is 1. The molecule has 1 atom stereocenters. The molecule has 1 amide bonds. The van der Waals surface area contributed by atoms with Crippen molar-refractivity contribution in [2.24, 2.45) is 0 Å². The SMILES string of the molecule is COC(C)c1nn(CC(=O)N[C@H]2C[C@@](C)(O)C2)c(=O)c2ccc(C(F)(F)F)cc12. The molecule has 1 aliphatic carbocycles. The second-order valence-electron chi connectivity index (χ2n) is 7.65. The number of aliphatic hydroxyl groups is 1. The third kappa shape index (κ3) is 4.43. The normalized spacial score (nSPS) is 22.9. The monoisotopic (exact) mass is 413 g/mol. The molecule has 1 heterocycles. The van der Waals surface area contributed by atoms with Gasteiger partial charge in [0.2, 0.25) is 5.91 Å². The Hall–Kier alpha value is -2.46. The molecular formula is C19H22F3N3O4. The molecule has 1 saturated carbocycles. The highest BCUT2D eigenvalue weighted by Crippen LogP contribution is 2.33. The highest BCUT2D eigenvalue weighted by Gasteiger charge is 2.39. The minimum atomic E-state index is -4.57. The lowest BCUT2D eigenvalue weighted by Crippen LogP contribution is -2.54. The van der Waals surface area contributed by atoms with Crippen LogP contribution in [0.1, 0.15) is 44.1 Å². The van der Waals surface area contributed by atoms with E-state index in [1.165, 1.54) is 7.11 Å². The predicted octanol–water partition coefficient (Wildman–Crippen LogP) is 2.15. The van der Waals surface area contributed by atoms with E-state index in [1.807, 2.05) is 0 Å². The molecule has 158 valence electrons. The van der Waals surface area contributed by atoms with E-state index in [1.54, 1.807) is 13.8 Å². The lowest BCUT2D eigenvalue weighted by molar-refractivity contribution is -0.137. The van der Waals surface area contributed by atoms with Crippen LogP contribution in [0.5, 0.6) is 0 Å². The lowest BCUT2D eigenvalue weighted by atomic mass is 9.77. The summed E-state index contributed by atoms with van der Waals surface area (Å²) in [5.74, 6) is -0.470. The number of hydrogen-bond donors (Lipinski definition) is 2. The van der Waals surface area contributed by atoms with E-state index >= 15 is 0 Å². The molecule has 7 nitrogen and oxygen atoms in total. The Morgan fingerprint density at radius 3 is 2.62 bits per heavy atom. The number of hydrogen-bond acceptors (Lipinski definition) is 5. The van der Waals surface area contributed by atoms with Gasteiger partial charge in [-0.15, -0.1) is 0 Å². The molecule has 1 aliphatic rings. The zero-order valence-electron chi connectivity index (χ0n) is 16.2. The fourth-order valence-corrected chi connectivity index (χ4v) is 3.52. The van der Waals surface area contributed by atoms with Crippen molar-refractivity contribution >= 4 is 16.7 Å². The Morgan fingerprint density at radius 1 is 1.41 bits per heavy atom. The first-order valence-electron chi connectivity index (χ1n) is 9.08. The van der Waals surface area contributed by atoms with Crippen LogP contribution in [0.25, 0.3) is 10.8 Å². The fourth-order valence-electron chi connectivity index (χ4n) is 3.52. The van der Waals surface area contributed by atoms with Gasteiger partial charge < -0.3 is 15.2 Å². The highest BCUT2D eigenvalue weighted by atomic mass is 19.4. The minimum absolute atomic E-state index is 0.0197. The number of nitrogens with one attached hydrogen (secondary N) is 1. The van der Waals surface area contributed by atoms with Crippen molar-refractivity contribution in [1.29, 1.82) is 0 Å². The van der Waals surface area contributed by atoms with Crippen LogP contribution in [0.3, 0.4) is 0 Å². The predicted molar refractivity (Wildman–Crippen MR) is 98.2 cm³/mol. The first kappa shape index (κ1) is 21.3. The maximum absolute atomic E-state index is 13.1. The molecule has 0 bridgehead atoms. The van der Waals surface area contributed by atoms with Gasteiger partial charge in [-0.2, -0.15) is 18.3 Å². The van der Waals surface area contributed by atoms with E-state index in [0.29, 0.717) is 12.8 Å². The van der Waals surface area contributed by atoms with E-state index in [9.17, 15) is 27.9 Å². The number of carbonyl (C=O) groups excluding carboxylic acids is 1. The van der Waals surface area contributed by atoms with Crippen LogP contribution in [-0.2, 0) is 22.3 Å². The summed E-state index contributed by atoms with van der Waals surface area (Å²) in [7, 11) is 1.37. The Bertz CT molecular complexity index is 993. The molecule has 0 radical (unpaired) electrons. The summed E-state index contributed by atoms with van der Waals surface area (Å²) in [5, 5.41) is 16.6. The van der Waals surface area contributed by atoms with Gasteiger partial charge in [-0.3, -0.25) is 9.59 Å². The van der Waals surface area contributed by atoms with Gasteiger partial charge in [0.05, 0.1) is 28.3 Å². The van der Waals surface area contributed by atoms with Crippen LogP contribution in [0.2, 0.25) is 0 Å². The van der Waals surface area contributed by atoms with Crippen LogP contribution in [0.15, 0.2) is 23.0 Å². The number of aromatic nitrogens is 2. The number of halogens is 3. The number of nitrogens with zero attached hydrogens (tertiary/aromatic N) is 2. The van der Waals surface area contributed by atoms with Crippen molar-refractivity contribution in [2.45, 2.75) is 57.2 Å².